The second-order valence-electron chi connectivity index (χ2n) is 11.8. The van der Waals surface area contributed by atoms with E-state index in [9.17, 15) is 19.2 Å². The average molecular weight is 585 g/mol. The molecule has 9 nitrogen and oxygen atoms in total. The van der Waals surface area contributed by atoms with E-state index in [1.807, 2.05) is 61.5 Å². The van der Waals surface area contributed by atoms with Crippen molar-refractivity contribution in [3.05, 3.63) is 95.6 Å². The monoisotopic (exact) mass is 584 g/mol. The molecule has 9 heteroatoms. The lowest BCUT2D eigenvalue weighted by atomic mass is 9.99. The topological polar surface area (TPSA) is 108 Å². The van der Waals surface area contributed by atoms with Crippen LogP contribution in [0, 0.1) is 6.92 Å². The highest BCUT2D eigenvalue weighted by Crippen LogP contribution is 2.22. The van der Waals surface area contributed by atoms with E-state index in [2.05, 4.69) is 10.6 Å². The zero-order chi connectivity index (χ0) is 31.1. The fraction of sp³-hybridized carbons (Fsp3) is 0.353. The minimum atomic E-state index is -0.773. The van der Waals surface area contributed by atoms with Crippen LogP contribution in [0.3, 0.4) is 0 Å². The Morgan fingerprint density at radius 1 is 0.884 bits per heavy atom. The second kappa shape index (κ2) is 13.5. The molecule has 1 heterocycles. The van der Waals surface area contributed by atoms with Crippen molar-refractivity contribution < 1.29 is 23.9 Å². The van der Waals surface area contributed by atoms with Gasteiger partial charge in [0, 0.05) is 30.9 Å². The Bertz CT molecular complexity index is 1450. The molecule has 226 valence electrons. The van der Waals surface area contributed by atoms with Gasteiger partial charge in [0.25, 0.3) is 0 Å². The third kappa shape index (κ3) is 8.44. The van der Waals surface area contributed by atoms with Crippen LogP contribution < -0.4 is 10.6 Å². The van der Waals surface area contributed by atoms with Crippen LogP contribution >= 0.6 is 0 Å². The number of esters is 1. The number of rotatable bonds is 8. The van der Waals surface area contributed by atoms with E-state index < -0.39 is 23.7 Å². The zero-order valence-corrected chi connectivity index (χ0v) is 25.4. The molecule has 0 radical (unpaired) electrons. The summed E-state index contributed by atoms with van der Waals surface area (Å²) in [6.07, 6.45) is 0.428. The van der Waals surface area contributed by atoms with Crippen molar-refractivity contribution in [3.8, 4) is 0 Å². The van der Waals surface area contributed by atoms with Crippen LogP contribution in [0.2, 0.25) is 0 Å². The molecule has 0 aliphatic carbocycles. The van der Waals surface area contributed by atoms with Crippen molar-refractivity contribution in [3.63, 3.8) is 0 Å². The van der Waals surface area contributed by atoms with Crippen molar-refractivity contribution in [2.75, 3.05) is 23.7 Å². The molecular weight excluding hydrogens is 544 g/mol. The van der Waals surface area contributed by atoms with Gasteiger partial charge in [-0.25, -0.2) is 9.59 Å². The number of nitrogens with zero attached hydrogens (tertiary/aromatic N) is 2. The minimum Gasteiger partial charge on any atom is -0.458 e. The normalized spacial score (nSPS) is 15.9. The van der Waals surface area contributed by atoms with Crippen LogP contribution in [0.1, 0.15) is 44.4 Å². The fourth-order valence-corrected chi connectivity index (χ4v) is 5.02. The predicted octanol–water partition coefficient (Wildman–Crippen LogP) is 5.19. The maximum Gasteiger partial charge on any atom is 0.329 e. The van der Waals surface area contributed by atoms with Crippen LogP contribution in [0.25, 0.3) is 0 Å². The Kier molecular flexibility index (Phi) is 9.85. The van der Waals surface area contributed by atoms with Crippen LogP contribution in [0.4, 0.5) is 16.2 Å². The van der Waals surface area contributed by atoms with E-state index in [4.69, 9.17) is 4.74 Å². The molecule has 43 heavy (non-hydrogen) atoms. The molecule has 2 atom stereocenters. The summed E-state index contributed by atoms with van der Waals surface area (Å²) < 4.78 is 5.53. The second-order valence-corrected chi connectivity index (χ2v) is 11.8. The van der Waals surface area contributed by atoms with Gasteiger partial charge in [-0.05, 0) is 69.5 Å². The number of para-hydroxylation sites is 1. The molecule has 1 saturated heterocycles. The third-order valence-electron chi connectivity index (χ3n) is 7.29. The Morgan fingerprint density at radius 2 is 1.53 bits per heavy atom. The number of aryl methyl sites for hydroxylation is 1. The van der Waals surface area contributed by atoms with Gasteiger partial charge in [-0.1, -0.05) is 60.7 Å². The Balaban J connectivity index is 1.44. The van der Waals surface area contributed by atoms with Crippen LogP contribution in [-0.2, 0) is 32.0 Å². The quantitative estimate of drug-likeness (QED) is 0.354. The van der Waals surface area contributed by atoms with Gasteiger partial charge in [-0.3, -0.25) is 9.59 Å². The van der Waals surface area contributed by atoms with Gasteiger partial charge in [0.1, 0.15) is 17.7 Å². The molecule has 2 N–H and O–H groups in total. The van der Waals surface area contributed by atoms with E-state index in [1.165, 1.54) is 4.90 Å². The summed E-state index contributed by atoms with van der Waals surface area (Å²) in [7, 11) is 0. The lowest BCUT2D eigenvalue weighted by molar-refractivity contribution is -0.168. The number of hydrogen-bond acceptors (Lipinski definition) is 5. The van der Waals surface area contributed by atoms with Gasteiger partial charge in [0.05, 0.1) is 6.42 Å². The first-order chi connectivity index (χ1) is 20.4. The molecule has 0 saturated carbocycles. The molecule has 4 rings (SSSR count). The number of carbonyl (C=O) groups is 4. The summed E-state index contributed by atoms with van der Waals surface area (Å²) in [6.45, 7) is 9.48. The van der Waals surface area contributed by atoms with E-state index in [0.717, 1.165) is 22.4 Å². The van der Waals surface area contributed by atoms with Gasteiger partial charge < -0.3 is 25.2 Å². The standard InChI is InChI=1S/C34H40N4O5/c1-23-11-9-10-14-28(23)36-33(42)35-27-17-15-26(16-18-27)22-30(39)38-20-19-37(24(2)32(41)43-34(3,4)5)31(40)29(38)21-25-12-7-6-8-13-25/h6-18,24,29H,19-22H2,1-5H3,(H2,35,36,42). The highest BCUT2D eigenvalue weighted by molar-refractivity contribution is 6.00. The molecule has 0 bridgehead atoms. The Labute approximate surface area is 253 Å². The minimum absolute atomic E-state index is 0.0931. The summed E-state index contributed by atoms with van der Waals surface area (Å²) >= 11 is 0. The molecule has 1 aliphatic rings. The lowest BCUT2D eigenvalue weighted by Gasteiger charge is -2.43. The zero-order valence-electron chi connectivity index (χ0n) is 25.4. The van der Waals surface area contributed by atoms with Crippen LogP contribution in [0.5, 0.6) is 0 Å². The summed E-state index contributed by atoms with van der Waals surface area (Å²) in [5.41, 5.74) is 3.27. The maximum absolute atomic E-state index is 13.8. The highest BCUT2D eigenvalue weighted by Gasteiger charge is 2.41. The number of anilines is 2. The molecule has 4 amide bonds. The lowest BCUT2D eigenvalue weighted by Crippen LogP contribution is -2.62. The van der Waals surface area contributed by atoms with E-state index in [-0.39, 0.29) is 30.8 Å². The summed E-state index contributed by atoms with van der Waals surface area (Å²) in [5.74, 6) is -0.932. The predicted molar refractivity (Wildman–Crippen MR) is 167 cm³/mol. The highest BCUT2D eigenvalue weighted by atomic mass is 16.6. The molecule has 2 unspecified atom stereocenters. The molecule has 0 aromatic heterocycles. The van der Waals surface area contributed by atoms with Gasteiger partial charge in [0.15, 0.2) is 0 Å². The number of nitrogens with one attached hydrogen (secondary N) is 2. The maximum atomic E-state index is 13.8. The summed E-state index contributed by atoms with van der Waals surface area (Å²) in [5, 5.41) is 5.64. The van der Waals surface area contributed by atoms with E-state index in [0.29, 0.717) is 18.7 Å². The molecule has 3 aromatic carbocycles. The summed E-state index contributed by atoms with van der Waals surface area (Å²) in [4.78, 5) is 55.8. The number of ether oxygens (including phenoxy) is 1. The van der Waals surface area contributed by atoms with Gasteiger partial charge in [0.2, 0.25) is 11.8 Å². The van der Waals surface area contributed by atoms with Crippen molar-refractivity contribution in [2.45, 2.75) is 65.1 Å². The van der Waals surface area contributed by atoms with Crippen molar-refractivity contribution >= 4 is 35.2 Å². The largest absolute Gasteiger partial charge is 0.458 e. The van der Waals surface area contributed by atoms with Gasteiger partial charge >= 0.3 is 12.0 Å². The first-order valence-corrected chi connectivity index (χ1v) is 14.5. The molecular formula is C34H40N4O5. The number of piperazine rings is 1. The number of carbonyl (C=O) groups excluding carboxylic acids is 4. The van der Waals surface area contributed by atoms with Crippen LogP contribution in [-0.4, -0.2) is 64.4 Å². The first-order valence-electron chi connectivity index (χ1n) is 14.5. The number of benzene rings is 3. The van der Waals surface area contributed by atoms with Crippen molar-refractivity contribution in [1.82, 2.24) is 9.80 Å². The van der Waals surface area contributed by atoms with Crippen molar-refractivity contribution in [1.29, 1.82) is 0 Å². The molecule has 0 spiro atoms. The van der Waals surface area contributed by atoms with E-state index in [1.54, 1.807) is 56.9 Å². The molecule has 1 fully saturated rings. The van der Waals surface area contributed by atoms with E-state index >= 15 is 0 Å². The number of amides is 4. The smallest absolute Gasteiger partial charge is 0.329 e. The number of urea groups is 1. The first kappa shape index (κ1) is 31.3. The fourth-order valence-electron chi connectivity index (χ4n) is 5.02. The number of hydrogen-bond donors (Lipinski definition) is 2. The molecule has 3 aromatic rings. The third-order valence-corrected chi connectivity index (χ3v) is 7.29. The van der Waals surface area contributed by atoms with Crippen LogP contribution in [0.15, 0.2) is 78.9 Å². The van der Waals surface area contributed by atoms with Gasteiger partial charge in [-0.15, -0.1) is 0 Å². The van der Waals surface area contributed by atoms with Gasteiger partial charge in [-0.2, -0.15) is 0 Å². The van der Waals surface area contributed by atoms with Crippen molar-refractivity contribution in [2.24, 2.45) is 0 Å². The summed E-state index contributed by atoms with van der Waals surface area (Å²) in [6, 6.07) is 22.2. The molecule has 1 aliphatic heterocycles. The SMILES string of the molecule is Cc1ccccc1NC(=O)Nc1ccc(CC(=O)N2CCN(C(C)C(=O)OC(C)(C)C)C(=O)C2Cc2ccccc2)cc1. The Morgan fingerprint density at radius 3 is 2.19 bits per heavy atom. The Hall–Kier alpha value is -4.66. The average Bonchev–Trinajstić information content (AvgIpc) is 2.95.